The van der Waals surface area contributed by atoms with Gasteiger partial charge in [0.25, 0.3) is 5.91 Å². The first-order chi connectivity index (χ1) is 11.8. The fraction of sp³-hybridized carbons (Fsp3) is 0.125. The lowest BCUT2D eigenvalue weighted by Crippen LogP contribution is -2.27. The summed E-state index contributed by atoms with van der Waals surface area (Å²) >= 11 is 5.92. The molecule has 0 aliphatic carbocycles. The van der Waals surface area contributed by atoms with E-state index in [-0.39, 0.29) is 29.7 Å². The minimum Gasteiger partial charge on any atom is -0.351 e. The fourth-order valence-electron chi connectivity index (χ4n) is 2.00. The number of nitrogens with two attached hydrogens (primary N) is 1. The second-order valence-corrected chi connectivity index (χ2v) is 7.08. The third-order valence-corrected chi connectivity index (χ3v) is 4.44. The zero-order chi connectivity index (χ0) is 18.4. The van der Waals surface area contributed by atoms with Crippen LogP contribution in [-0.2, 0) is 14.8 Å². The van der Waals surface area contributed by atoms with Crippen LogP contribution < -0.4 is 15.8 Å². The van der Waals surface area contributed by atoms with Gasteiger partial charge in [0.1, 0.15) is 0 Å². The number of anilines is 1. The highest BCUT2D eigenvalue weighted by atomic mass is 35.5. The Morgan fingerprint density at radius 1 is 1.08 bits per heavy atom. The monoisotopic (exact) mass is 381 g/mol. The molecule has 2 aromatic carbocycles. The van der Waals surface area contributed by atoms with Crippen molar-refractivity contribution in [2.45, 2.75) is 11.3 Å². The van der Waals surface area contributed by atoms with Crippen LogP contribution in [0.3, 0.4) is 0 Å². The predicted molar refractivity (Wildman–Crippen MR) is 94.8 cm³/mol. The molecule has 0 bridgehead atoms. The van der Waals surface area contributed by atoms with Gasteiger partial charge in [-0.15, -0.1) is 0 Å². The summed E-state index contributed by atoms with van der Waals surface area (Å²) in [6.07, 6.45) is 0.00972. The van der Waals surface area contributed by atoms with Gasteiger partial charge in [-0.2, -0.15) is 0 Å². The third kappa shape index (κ3) is 5.56. The Morgan fingerprint density at radius 2 is 1.80 bits per heavy atom. The van der Waals surface area contributed by atoms with E-state index in [2.05, 4.69) is 10.6 Å². The van der Waals surface area contributed by atoms with Gasteiger partial charge in [-0.3, -0.25) is 9.59 Å². The molecule has 0 atom stereocenters. The molecule has 0 fully saturated rings. The maximum atomic E-state index is 12.0. The number of benzene rings is 2. The van der Waals surface area contributed by atoms with Crippen LogP contribution in [0.25, 0.3) is 0 Å². The van der Waals surface area contributed by atoms with Crippen LogP contribution in [0.4, 0.5) is 5.69 Å². The van der Waals surface area contributed by atoms with Crippen molar-refractivity contribution in [1.82, 2.24) is 5.32 Å². The molecule has 7 nitrogen and oxygen atoms in total. The molecule has 0 aliphatic heterocycles. The minimum atomic E-state index is -3.84. The number of nitrogens with one attached hydrogen (secondary N) is 2. The van der Waals surface area contributed by atoms with Crippen molar-refractivity contribution in [3.63, 3.8) is 0 Å². The lowest BCUT2D eigenvalue weighted by molar-refractivity contribution is -0.116. The molecule has 0 saturated heterocycles. The van der Waals surface area contributed by atoms with Crippen molar-refractivity contribution in [1.29, 1.82) is 0 Å². The first kappa shape index (κ1) is 18.9. The molecule has 0 aromatic heterocycles. The topological polar surface area (TPSA) is 118 Å². The molecule has 25 heavy (non-hydrogen) atoms. The van der Waals surface area contributed by atoms with Crippen LogP contribution in [0.2, 0.25) is 5.02 Å². The lowest BCUT2D eigenvalue weighted by Gasteiger charge is -2.08. The fourth-order valence-corrected chi connectivity index (χ4v) is 2.79. The summed E-state index contributed by atoms with van der Waals surface area (Å²) in [7, 11) is -3.84. The Kier molecular flexibility index (Phi) is 6.13. The molecular weight excluding hydrogens is 366 g/mol. The first-order valence-electron chi connectivity index (χ1n) is 7.23. The second-order valence-electron chi connectivity index (χ2n) is 5.11. The lowest BCUT2D eigenvalue weighted by atomic mass is 10.2. The number of amides is 2. The highest BCUT2D eigenvalue weighted by Crippen LogP contribution is 2.15. The number of carbonyl (C=O) groups is 2. The molecule has 9 heteroatoms. The molecule has 0 saturated carbocycles. The number of sulfonamides is 1. The van der Waals surface area contributed by atoms with E-state index in [1.54, 1.807) is 24.3 Å². The van der Waals surface area contributed by atoms with Crippen LogP contribution in [0.15, 0.2) is 53.4 Å². The van der Waals surface area contributed by atoms with E-state index in [0.29, 0.717) is 16.3 Å². The molecule has 132 valence electrons. The van der Waals surface area contributed by atoms with Crippen molar-refractivity contribution in [2.75, 3.05) is 11.9 Å². The van der Waals surface area contributed by atoms with Crippen LogP contribution in [0.5, 0.6) is 0 Å². The standard InChI is InChI=1S/C16H16ClN3O4S/c17-14-7-2-1-6-13(14)16(22)19-9-8-15(21)20-11-4-3-5-12(10-11)25(18,23)24/h1-7,10H,8-9H2,(H,19,22)(H,20,21)(H2,18,23,24). The van der Waals surface area contributed by atoms with Crippen molar-refractivity contribution in [2.24, 2.45) is 5.14 Å². The summed E-state index contributed by atoms with van der Waals surface area (Å²) in [5.74, 6) is -0.763. The number of hydrogen-bond acceptors (Lipinski definition) is 4. The third-order valence-electron chi connectivity index (χ3n) is 3.20. The van der Waals surface area contributed by atoms with E-state index in [9.17, 15) is 18.0 Å². The molecule has 4 N–H and O–H groups in total. The average Bonchev–Trinajstić information content (AvgIpc) is 2.54. The molecule has 0 aliphatic rings. The minimum absolute atomic E-state index is 0.00972. The van der Waals surface area contributed by atoms with Crippen LogP contribution >= 0.6 is 11.6 Å². The van der Waals surface area contributed by atoms with E-state index in [1.807, 2.05) is 0 Å². The smallest absolute Gasteiger partial charge is 0.252 e. The van der Waals surface area contributed by atoms with Gasteiger partial charge in [-0.1, -0.05) is 29.8 Å². The summed E-state index contributed by atoms with van der Waals surface area (Å²) < 4.78 is 22.6. The van der Waals surface area contributed by atoms with Gasteiger partial charge in [0, 0.05) is 18.7 Å². The van der Waals surface area contributed by atoms with E-state index < -0.39 is 10.0 Å². The molecule has 0 spiro atoms. The van der Waals surface area contributed by atoms with Gasteiger partial charge in [0.15, 0.2) is 0 Å². The SMILES string of the molecule is NS(=O)(=O)c1cccc(NC(=O)CCNC(=O)c2ccccc2Cl)c1. The Morgan fingerprint density at radius 3 is 2.48 bits per heavy atom. The van der Waals surface area contributed by atoms with Gasteiger partial charge in [0.2, 0.25) is 15.9 Å². The zero-order valence-corrected chi connectivity index (χ0v) is 14.6. The molecule has 0 heterocycles. The van der Waals surface area contributed by atoms with Crippen molar-refractivity contribution < 1.29 is 18.0 Å². The molecular formula is C16H16ClN3O4S. The maximum absolute atomic E-state index is 12.0. The van der Waals surface area contributed by atoms with Crippen molar-refractivity contribution in [3.8, 4) is 0 Å². The van der Waals surface area contributed by atoms with Crippen molar-refractivity contribution in [3.05, 3.63) is 59.1 Å². The van der Waals surface area contributed by atoms with Gasteiger partial charge < -0.3 is 10.6 Å². The maximum Gasteiger partial charge on any atom is 0.252 e. The van der Waals surface area contributed by atoms with Gasteiger partial charge in [-0.05, 0) is 30.3 Å². The van der Waals surface area contributed by atoms with E-state index in [0.717, 1.165) is 0 Å². The van der Waals surface area contributed by atoms with Crippen LogP contribution in [0.1, 0.15) is 16.8 Å². The highest BCUT2D eigenvalue weighted by Gasteiger charge is 2.11. The van der Waals surface area contributed by atoms with Gasteiger partial charge in [0.05, 0.1) is 15.5 Å². The Labute approximate surface area is 150 Å². The van der Waals surface area contributed by atoms with E-state index in [4.69, 9.17) is 16.7 Å². The highest BCUT2D eigenvalue weighted by molar-refractivity contribution is 7.89. The zero-order valence-electron chi connectivity index (χ0n) is 13.0. The summed E-state index contributed by atoms with van der Waals surface area (Å²) in [5, 5.41) is 10.5. The molecule has 0 radical (unpaired) electrons. The number of rotatable bonds is 6. The normalized spacial score (nSPS) is 11.0. The molecule has 2 rings (SSSR count). The second kappa shape index (κ2) is 8.11. The van der Waals surface area contributed by atoms with Gasteiger partial charge >= 0.3 is 0 Å². The summed E-state index contributed by atoms with van der Waals surface area (Å²) in [5.41, 5.74) is 0.624. The Bertz CT molecular complexity index is 900. The number of primary sulfonamides is 1. The average molecular weight is 382 g/mol. The molecule has 2 amide bonds. The quantitative estimate of drug-likeness (QED) is 0.706. The number of hydrogen-bond donors (Lipinski definition) is 3. The Hall–Kier alpha value is -2.42. The van der Waals surface area contributed by atoms with Crippen LogP contribution in [-0.4, -0.2) is 26.8 Å². The van der Waals surface area contributed by atoms with E-state index >= 15 is 0 Å². The largest absolute Gasteiger partial charge is 0.351 e. The first-order valence-corrected chi connectivity index (χ1v) is 9.15. The van der Waals surface area contributed by atoms with Gasteiger partial charge in [-0.25, -0.2) is 13.6 Å². The Balaban J connectivity index is 1.87. The molecule has 0 unspecified atom stereocenters. The number of carbonyl (C=O) groups excluding carboxylic acids is 2. The van der Waals surface area contributed by atoms with Crippen LogP contribution in [0, 0.1) is 0 Å². The molecule has 2 aromatic rings. The summed E-state index contributed by atoms with van der Waals surface area (Å²) in [4.78, 5) is 23.7. The summed E-state index contributed by atoms with van der Waals surface area (Å²) in [6, 6.07) is 12.2. The van der Waals surface area contributed by atoms with Crippen molar-refractivity contribution >= 4 is 39.1 Å². The van der Waals surface area contributed by atoms with E-state index in [1.165, 1.54) is 24.3 Å². The number of halogens is 1. The summed E-state index contributed by atoms with van der Waals surface area (Å²) in [6.45, 7) is 0.102. The predicted octanol–water partition coefficient (Wildman–Crippen LogP) is 1.75.